The Bertz CT molecular complexity index is 1330. The Morgan fingerprint density at radius 3 is 2.41 bits per heavy atom. The van der Waals surface area contributed by atoms with Gasteiger partial charge in [0.15, 0.2) is 0 Å². The van der Waals surface area contributed by atoms with Crippen LogP contribution in [0, 0.1) is 0 Å². The van der Waals surface area contributed by atoms with Gasteiger partial charge in [0.05, 0.1) is 0 Å². The molecule has 2 aromatic carbocycles. The van der Waals surface area contributed by atoms with Gasteiger partial charge in [0.25, 0.3) is 17.4 Å². The number of nitrogens with two attached hydrogens (primary N) is 1. The van der Waals surface area contributed by atoms with E-state index in [1.807, 2.05) is 30.3 Å². The quantitative estimate of drug-likeness (QED) is 0.434. The first-order chi connectivity index (χ1) is 15.5. The molecule has 0 fully saturated rings. The van der Waals surface area contributed by atoms with Gasteiger partial charge in [-0.15, -0.1) is 0 Å². The van der Waals surface area contributed by atoms with E-state index in [0.717, 1.165) is 5.56 Å². The number of H-pyrrole nitrogens is 1. The van der Waals surface area contributed by atoms with Gasteiger partial charge in [-0.05, 0) is 42.0 Å². The number of nitrogens with zero attached hydrogens (tertiary/aromatic N) is 1. The van der Waals surface area contributed by atoms with Crippen LogP contribution >= 0.6 is 0 Å². The topological polar surface area (TPSA) is 127 Å². The number of amides is 2. The second-order valence-electron chi connectivity index (χ2n) is 6.78. The minimum atomic E-state index is -0.653. The smallest absolute Gasteiger partial charge is 0.267 e. The number of pyridine rings is 2. The highest BCUT2D eigenvalue weighted by atomic mass is 16.5. The van der Waals surface area contributed by atoms with Crippen molar-refractivity contribution in [2.75, 3.05) is 5.32 Å². The summed E-state index contributed by atoms with van der Waals surface area (Å²) in [5.74, 6) is -0.306. The third-order valence-electron chi connectivity index (χ3n) is 4.60. The Morgan fingerprint density at radius 2 is 1.69 bits per heavy atom. The number of carbonyl (C=O) groups excluding carboxylic acids is 2. The third kappa shape index (κ3) is 4.54. The van der Waals surface area contributed by atoms with Crippen LogP contribution < -0.4 is 21.3 Å². The number of hydrogen-bond donors (Lipinski definition) is 3. The highest BCUT2D eigenvalue weighted by Gasteiger charge is 2.17. The van der Waals surface area contributed by atoms with Gasteiger partial charge in [0, 0.05) is 29.7 Å². The molecule has 0 aliphatic heterocycles. The van der Waals surface area contributed by atoms with Gasteiger partial charge in [-0.25, -0.2) is 0 Å². The zero-order valence-corrected chi connectivity index (χ0v) is 16.7. The Morgan fingerprint density at radius 1 is 0.938 bits per heavy atom. The fraction of sp³-hybridized carbons (Fsp3) is 0. The third-order valence-corrected chi connectivity index (χ3v) is 4.60. The van der Waals surface area contributed by atoms with Crippen LogP contribution in [0.1, 0.15) is 20.8 Å². The lowest BCUT2D eigenvalue weighted by molar-refractivity contribution is 0.0993. The van der Waals surface area contributed by atoms with Crippen LogP contribution in [0.4, 0.5) is 5.69 Å². The summed E-state index contributed by atoms with van der Waals surface area (Å²) in [6.07, 6.45) is 2.93. The van der Waals surface area contributed by atoms with Crippen molar-refractivity contribution >= 4 is 17.5 Å². The van der Waals surface area contributed by atoms with E-state index in [-0.39, 0.29) is 11.3 Å². The Hall–Kier alpha value is -4.72. The van der Waals surface area contributed by atoms with Crippen LogP contribution in [0.25, 0.3) is 11.1 Å². The first-order valence-electron chi connectivity index (χ1n) is 9.63. The summed E-state index contributed by atoms with van der Waals surface area (Å²) in [4.78, 5) is 43.0. The van der Waals surface area contributed by atoms with Crippen LogP contribution in [-0.2, 0) is 0 Å². The van der Waals surface area contributed by atoms with Crippen molar-refractivity contribution in [2.24, 2.45) is 5.73 Å². The lowest BCUT2D eigenvalue weighted by Crippen LogP contribution is -2.24. The molecular weight excluding hydrogens is 408 g/mol. The molecule has 2 amide bonds. The molecular formula is C24H18N4O4. The van der Waals surface area contributed by atoms with Crippen molar-refractivity contribution in [2.45, 2.75) is 0 Å². The summed E-state index contributed by atoms with van der Waals surface area (Å²) >= 11 is 0. The summed E-state index contributed by atoms with van der Waals surface area (Å²) in [6, 6.07) is 20.5. The predicted octanol–water partition coefficient (Wildman–Crippen LogP) is 3.58. The molecule has 0 atom stereocenters. The fourth-order valence-electron chi connectivity index (χ4n) is 3.11. The molecule has 0 bridgehead atoms. The summed E-state index contributed by atoms with van der Waals surface area (Å²) in [7, 11) is 0. The van der Waals surface area contributed by atoms with E-state index in [2.05, 4.69) is 15.3 Å². The first-order valence-corrected chi connectivity index (χ1v) is 9.63. The van der Waals surface area contributed by atoms with Crippen molar-refractivity contribution in [3.8, 4) is 22.6 Å². The van der Waals surface area contributed by atoms with Crippen LogP contribution in [0.3, 0.4) is 0 Å². The van der Waals surface area contributed by atoms with E-state index < -0.39 is 17.4 Å². The van der Waals surface area contributed by atoms with Gasteiger partial charge < -0.3 is 20.8 Å². The standard InChI is InChI=1S/C24H18N4O4/c25-22(29)20-14-18(10-12-26-20)32-17-8-6-16(7-9-17)28-24(31)21-19(11-13-27-23(21)30)15-4-2-1-3-5-15/h1-14H,(H2,25,29)(H,27,30)(H,28,31). The zero-order chi connectivity index (χ0) is 22.5. The van der Waals surface area contributed by atoms with Crippen molar-refractivity contribution in [3.63, 3.8) is 0 Å². The second-order valence-corrected chi connectivity index (χ2v) is 6.78. The van der Waals surface area contributed by atoms with Gasteiger partial charge in [0.1, 0.15) is 22.8 Å². The lowest BCUT2D eigenvalue weighted by atomic mass is 10.0. The number of carbonyl (C=O) groups is 2. The lowest BCUT2D eigenvalue weighted by Gasteiger charge is -2.11. The molecule has 0 unspecified atom stereocenters. The van der Waals surface area contributed by atoms with Crippen LogP contribution in [0.15, 0.2) is 90.0 Å². The number of benzene rings is 2. The summed E-state index contributed by atoms with van der Waals surface area (Å²) in [5.41, 5.74) is 6.65. The Labute approximate surface area is 182 Å². The molecule has 0 radical (unpaired) electrons. The number of aromatic amines is 1. The van der Waals surface area contributed by atoms with Gasteiger partial charge in [0.2, 0.25) is 0 Å². The largest absolute Gasteiger partial charge is 0.457 e. The monoisotopic (exact) mass is 426 g/mol. The van der Waals surface area contributed by atoms with Crippen molar-refractivity contribution in [3.05, 3.63) is 107 Å². The van der Waals surface area contributed by atoms with E-state index in [1.165, 1.54) is 18.5 Å². The second kappa shape index (κ2) is 8.97. The van der Waals surface area contributed by atoms with E-state index in [0.29, 0.717) is 22.7 Å². The molecule has 0 saturated heterocycles. The molecule has 0 saturated carbocycles. The number of nitrogens with one attached hydrogen (secondary N) is 2. The van der Waals surface area contributed by atoms with Crippen LogP contribution in [-0.4, -0.2) is 21.8 Å². The van der Waals surface area contributed by atoms with Gasteiger partial charge in [-0.2, -0.15) is 0 Å². The molecule has 8 heteroatoms. The van der Waals surface area contributed by atoms with Gasteiger partial charge in [-0.1, -0.05) is 30.3 Å². The number of aromatic nitrogens is 2. The molecule has 0 aliphatic rings. The number of primary amides is 1. The highest BCUT2D eigenvalue weighted by Crippen LogP contribution is 2.25. The Balaban J connectivity index is 1.52. The maximum atomic E-state index is 12.9. The predicted molar refractivity (Wildman–Crippen MR) is 120 cm³/mol. The SMILES string of the molecule is NC(=O)c1cc(Oc2ccc(NC(=O)c3c(-c4ccccc4)cc[nH]c3=O)cc2)ccn1. The first kappa shape index (κ1) is 20.5. The minimum Gasteiger partial charge on any atom is -0.457 e. The van der Waals surface area contributed by atoms with E-state index >= 15 is 0 Å². The summed E-state index contributed by atoms with van der Waals surface area (Å²) < 4.78 is 5.69. The van der Waals surface area contributed by atoms with Crippen molar-refractivity contribution in [1.29, 1.82) is 0 Å². The maximum absolute atomic E-state index is 12.9. The summed E-state index contributed by atoms with van der Waals surface area (Å²) in [5, 5.41) is 2.74. The van der Waals surface area contributed by atoms with Crippen LogP contribution in [0.2, 0.25) is 0 Å². The normalized spacial score (nSPS) is 10.4. The molecule has 4 aromatic rings. The molecule has 2 aromatic heterocycles. The highest BCUT2D eigenvalue weighted by molar-refractivity contribution is 6.08. The average Bonchev–Trinajstić information content (AvgIpc) is 2.81. The van der Waals surface area contributed by atoms with Crippen LogP contribution in [0.5, 0.6) is 11.5 Å². The number of rotatable bonds is 6. The van der Waals surface area contributed by atoms with Crippen molar-refractivity contribution in [1.82, 2.24) is 9.97 Å². The molecule has 8 nitrogen and oxygen atoms in total. The van der Waals surface area contributed by atoms with E-state index in [4.69, 9.17) is 10.5 Å². The Kier molecular flexibility index (Phi) is 5.76. The average molecular weight is 426 g/mol. The molecule has 4 rings (SSSR count). The number of ether oxygens (including phenoxy) is 1. The van der Waals surface area contributed by atoms with E-state index in [9.17, 15) is 14.4 Å². The molecule has 32 heavy (non-hydrogen) atoms. The fourth-order valence-corrected chi connectivity index (χ4v) is 3.11. The molecule has 0 spiro atoms. The summed E-state index contributed by atoms with van der Waals surface area (Å²) in [6.45, 7) is 0. The zero-order valence-electron chi connectivity index (χ0n) is 16.7. The molecule has 0 aliphatic carbocycles. The number of anilines is 1. The minimum absolute atomic E-state index is 0.0230. The van der Waals surface area contributed by atoms with Gasteiger partial charge >= 0.3 is 0 Å². The van der Waals surface area contributed by atoms with Crippen molar-refractivity contribution < 1.29 is 14.3 Å². The maximum Gasteiger partial charge on any atom is 0.267 e. The molecule has 2 heterocycles. The molecule has 158 valence electrons. The van der Waals surface area contributed by atoms with E-state index in [1.54, 1.807) is 36.4 Å². The number of hydrogen-bond acceptors (Lipinski definition) is 5. The molecule has 4 N–H and O–H groups in total. The van der Waals surface area contributed by atoms with Gasteiger partial charge in [-0.3, -0.25) is 19.4 Å².